The number of carbonyl (C=O) groups is 1. The molecule has 2 aromatic carbocycles. The van der Waals surface area contributed by atoms with Crippen molar-refractivity contribution in [2.24, 2.45) is 0 Å². The van der Waals surface area contributed by atoms with Crippen LogP contribution in [0.1, 0.15) is 15.9 Å². The fourth-order valence-corrected chi connectivity index (χ4v) is 3.47. The summed E-state index contributed by atoms with van der Waals surface area (Å²) in [6.45, 7) is 0. The molecule has 3 rings (SSSR count). The highest BCUT2D eigenvalue weighted by atomic mass is 32.2. The zero-order chi connectivity index (χ0) is 18.0. The van der Waals surface area contributed by atoms with Gasteiger partial charge >= 0.3 is 6.18 Å². The topological polar surface area (TPSA) is 20.3 Å². The molecule has 0 bridgehead atoms. The third-order valence-electron chi connectivity index (χ3n) is 3.75. The summed E-state index contributed by atoms with van der Waals surface area (Å²) in [4.78, 5) is 15.2. The van der Waals surface area contributed by atoms with Crippen LogP contribution in [0.4, 0.5) is 18.9 Å². The summed E-state index contributed by atoms with van der Waals surface area (Å²) in [5.74, 6) is -0.339. The van der Waals surface area contributed by atoms with E-state index in [9.17, 15) is 18.0 Å². The highest BCUT2D eigenvalue weighted by Crippen LogP contribution is 2.44. The van der Waals surface area contributed by atoms with E-state index in [1.165, 1.54) is 18.2 Å². The number of hydrogen-bond acceptors (Lipinski definition) is 3. The quantitative estimate of drug-likeness (QED) is 0.530. The van der Waals surface area contributed by atoms with Crippen LogP contribution in [0.3, 0.4) is 0 Å². The van der Waals surface area contributed by atoms with Crippen molar-refractivity contribution in [2.75, 3.05) is 11.9 Å². The lowest BCUT2D eigenvalue weighted by Gasteiger charge is -2.12. The highest BCUT2D eigenvalue weighted by Gasteiger charge is 2.30. The lowest BCUT2D eigenvalue weighted by atomic mass is 10.1. The Morgan fingerprint density at radius 2 is 1.76 bits per heavy atom. The molecule has 128 valence electrons. The molecule has 1 aliphatic rings. The Morgan fingerprint density at radius 3 is 2.40 bits per heavy atom. The van der Waals surface area contributed by atoms with E-state index in [1.807, 2.05) is 42.3 Å². The maximum absolute atomic E-state index is 12.5. The number of carbonyl (C=O) groups excluding carboxylic acids is 1. The van der Waals surface area contributed by atoms with Crippen LogP contribution in [-0.4, -0.2) is 12.8 Å². The average molecular weight is 361 g/mol. The molecule has 0 spiro atoms. The van der Waals surface area contributed by atoms with Crippen molar-refractivity contribution in [1.82, 2.24) is 0 Å². The van der Waals surface area contributed by atoms with Crippen LogP contribution in [0, 0.1) is 0 Å². The molecule has 0 N–H and O–H groups in total. The maximum atomic E-state index is 12.5. The molecule has 2 nitrogen and oxygen atoms in total. The van der Waals surface area contributed by atoms with Crippen molar-refractivity contribution in [2.45, 2.75) is 11.1 Å². The molecule has 0 radical (unpaired) electrons. The van der Waals surface area contributed by atoms with Gasteiger partial charge in [-0.2, -0.15) is 13.2 Å². The number of alkyl halides is 3. The third kappa shape index (κ3) is 3.79. The number of para-hydroxylation sites is 1. The van der Waals surface area contributed by atoms with E-state index in [4.69, 9.17) is 0 Å². The summed E-state index contributed by atoms with van der Waals surface area (Å²) in [7, 11) is 1.94. The molecule has 0 fully saturated rings. The van der Waals surface area contributed by atoms with Gasteiger partial charge in [0.15, 0.2) is 5.78 Å². The summed E-state index contributed by atoms with van der Waals surface area (Å²) in [5, 5.41) is 0.970. The minimum Gasteiger partial charge on any atom is -0.338 e. The zero-order valence-electron chi connectivity index (χ0n) is 13.2. The molecule has 0 atom stereocenters. The molecule has 0 aromatic heterocycles. The van der Waals surface area contributed by atoms with Gasteiger partial charge < -0.3 is 4.90 Å². The smallest absolute Gasteiger partial charge is 0.338 e. The SMILES string of the molecule is CN1/C(=C/C=C/C(=O)c2ccc(C(F)(F)F)cc2)Sc2ccccc21. The molecule has 2 aromatic rings. The molecule has 6 heteroatoms. The number of ketones is 1. The van der Waals surface area contributed by atoms with Crippen molar-refractivity contribution in [1.29, 1.82) is 0 Å². The van der Waals surface area contributed by atoms with Gasteiger partial charge in [0, 0.05) is 17.5 Å². The molecular weight excluding hydrogens is 347 g/mol. The number of benzene rings is 2. The van der Waals surface area contributed by atoms with E-state index in [-0.39, 0.29) is 11.3 Å². The average Bonchev–Trinajstić information content (AvgIpc) is 2.91. The number of nitrogens with zero attached hydrogens (tertiary/aromatic N) is 1. The number of halogens is 3. The largest absolute Gasteiger partial charge is 0.416 e. The normalized spacial score (nSPS) is 15.8. The van der Waals surface area contributed by atoms with Gasteiger partial charge in [0.2, 0.25) is 0 Å². The van der Waals surface area contributed by atoms with Crippen LogP contribution >= 0.6 is 11.8 Å². The predicted molar refractivity (Wildman–Crippen MR) is 93.7 cm³/mol. The second kappa shape index (κ2) is 6.80. The Morgan fingerprint density at radius 1 is 1.08 bits per heavy atom. The zero-order valence-corrected chi connectivity index (χ0v) is 14.1. The second-order valence-electron chi connectivity index (χ2n) is 5.43. The van der Waals surface area contributed by atoms with Gasteiger partial charge in [-0.3, -0.25) is 4.79 Å². The number of thioether (sulfide) groups is 1. The highest BCUT2D eigenvalue weighted by molar-refractivity contribution is 8.03. The summed E-state index contributed by atoms with van der Waals surface area (Å²) >= 11 is 1.60. The first kappa shape index (κ1) is 17.4. The fourth-order valence-electron chi connectivity index (χ4n) is 2.40. The Kier molecular flexibility index (Phi) is 4.72. The van der Waals surface area contributed by atoms with Crippen LogP contribution < -0.4 is 4.90 Å². The number of anilines is 1. The van der Waals surface area contributed by atoms with E-state index >= 15 is 0 Å². The molecule has 0 saturated heterocycles. The van der Waals surface area contributed by atoms with Crippen molar-refractivity contribution >= 4 is 23.2 Å². The lowest BCUT2D eigenvalue weighted by molar-refractivity contribution is -0.137. The van der Waals surface area contributed by atoms with Crippen molar-refractivity contribution < 1.29 is 18.0 Å². The van der Waals surface area contributed by atoms with Gasteiger partial charge in [-0.25, -0.2) is 0 Å². The maximum Gasteiger partial charge on any atom is 0.416 e. The first-order valence-electron chi connectivity index (χ1n) is 7.47. The number of rotatable bonds is 3. The molecule has 25 heavy (non-hydrogen) atoms. The van der Waals surface area contributed by atoms with Crippen LogP contribution in [-0.2, 0) is 6.18 Å². The van der Waals surface area contributed by atoms with Gasteiger partial charge in [0.1, 0.15) is 0 Å². The van der Waals surface area contributed by atoms with Gasteiger partial charge in [-0.15, -0.1) is 0 Å². The third-order valence-corrected chi connectivity index (χ3v) is 4.94. The molecule has 1 aliphatic heterocycles. The Balaban J connectivity index is 1.70. The molecule has 0 unspecified atom stereocenters. The summed E-state index contributed by atoms with van der Waals surface area (Å²) in [6, 6.07) is 12.2. The van der Waals surface area contributed by atoms with Crippen LogP contribution in [0.5, 0.6) is 0 Å². The van der Waals surface area contributed by atoms with E-state index < -0.39 is 11.7 Å². The molecule has 1 heterocycles. The van der Waals surface area contributed by atoms with Gasteiger partial charge in [-0.1, -0.05) is 42.1 Å². The van der Waals surface area contributed by atoms with Crippen molar-refractivity contribution in [3.8, 4) is 0 Å². The van der Waals surface area contributed by atoms with Crippen molar-refractivity contribution in [3.05, 3.63) is 82.9 Å². The fraction of sp³-hybridized carbons (Fsp3) is 0.105. The number of fused-ring (bicyclic) bond motifs is 1. The van der Waals surface area contributed by atoms with Crippen molar-refractivity contribution in [3.63, 3.8) is 0 Å². The van der Waals surface area contributed by atoms with Gasteiger partial charge in [-0.05, 0) is 36.4 Å². The Labute approximate surface area is 147 Å². The van der Waals surface area contributed by atoms with E-state index in [0.29, 0.717) is 0 Å². The van der Waals surface area contributed by atoms with Gasteiger partial charge in [0.05, 0.1) is 16.3 Å². The minimum atomic E-state index is -4.40. The molecular formula is C19H14F3NOS. The molecule has 0 saturated carbocycles. The predicted octanol–water partition coefficient (Wildman–Crippen LogP) is 5.53. The Bertz CT molecular complexity index is 854. The second-order valence-corrected chi connectivity index (χ2v) is 6.49. The van der Waals surface area contributed by atoms with Crippen LogP contribution in [0.15, 0.2) is 76.7 Å². The van der Waals surface area contributed by atoms with Gasteiger partial charge in [0.25, 0.3) is 0 Å². The summed E-state index contributed by atoms with van der Waals surface area (Å²) in [5.41, 5.74) is 0.552. The van der Waals surface area contributed by atoms with E-state index in [1.54, 1.807) is 17.8 Å². The Hall–Kier alpha value is -2.47. The number of allylic oxidation sites excluding steroid dienone is 3. The standard InChI is InChI=1S/C19H14F3NOS/c1-23-15-5-2-3-7-17(15)25-18(23)8-4-6-16(24)13-9-11-14(12-10-13)19(20,21)22/h2-12H,1H3/b6-4+,18-8-. The summed E-state index contributed by atoms with van der Waals surface area (Å²) < 4.78 is 37.6. The van der Waals surface area contributed by atoms with Crippen LogP contribution in [0.2, 0.25) is 0 Å². The first-order chi connectivity index (χ1) is 11.9. The minimum absolute atomic E-state index is 0.221. The van der Waals surface area contributed by atoms with E-state index in [2.05, 4.69) is 0 Å². The number of hydrogen-bond donors (Lipinski definition) is 0. The lowest BCUT2D eigenvalue weighted by Crippen LogP contribution is -2.09. The molecule has 0 amide bonds. The first-order valence-corrected chi connectivity index (χ1v) is 8.28. The molecule has 0 aliphatic carbocycles. The monoisotopic (exact) mass is 361 g/mol. The summed E-state index contributed by atoms with van der Waals surface area (Å²) in [6.07, 6.45) is 0.380. The van der Waals surface area contributed by atoms with E-state index in [0.717, 1.165) is 27.7 Å². The van der Waals surface area contributed by atoms with Crippen LogP contribution in [0.25, 0.3) is 0 Å².